The lowest BCUT2D eigenvalue weighted by molar-refractivity contribution is 0.0997. The maximum Gasteiger partial charge on any atom is 0.0785 e. The van der Waals surface area contributed by atoms with Crippen molar-refractivity contribution in [1.29, 1.82) is 0 Å². The van der Waals surface area contributed by atoms with E-state index in [4.69, 9.17) is 0 Å². The van der Waals surface area contributed by atoms with Crippen LogP contribution in [0.2, 0.25) is 0 Å². The zero-order valence-electron chi connectivity index (χ0n) is 11.3. The zero-order valence-corrected chi connectivity index (χ0v) is 11.3. The molecule has 17 heavy (non-hydrogen) atoms. The molecule has 1 aliphatic carbocycles. The molecule has 104 valence electrons. The normalized spacial score (nSPS) is 31.6. The highest BCUT2D eigenvalue weighted by molar-refractivity contribution is 5.13. The van der Waals surface area contributed by atoms with Gasteiger partial charge in [-0.1, -0.05) is 13.8 Å². The first-order chi connectivity index (χ1) is 7.79. The van der Waals surface area contributed by atoms with Gasteiger partial charge < -0.3 is 5.11 Å². The zero-order chi connectivity index (χ0) is 12.2. The number of rotatable bonds is 1. The largest absolute Gasteiger partial charge is 0.394 e. The van der Waals surface area contributed by atoms with Crippen LogP contribution < -0.4 is 0 Å². The van der Waals surface area contributed by atoms with Gasteiger partial charge in [-0.3, -0.25) is 14.0 Å². The summed E-state index contributed by atoms with van der Waals surface area (Å²) < 4.78 is 9.50. The molecule has 3 rings (SSSR count). The third-order valence-corrected chi connectivity index (χ3v) is 4.22. The molecule has 1 atom stereocenters. The summed E-state index contributed by atoms with van der Waals surface area (Å²) in [5.41, 5.74) is 0.902. The van der Waals surface area contributed by atoms with Crippen LogP contribution >= 0.6 is 0 Å². The van der Waals surface area contributed by atoms with Gasteiger partial charge in [0.05, 0.1) is 13.8 Å². The maximum atomic E-state index is 9.50. The Morgan fingerprint density at radius 3 is 2.18 bits per heavy atom. The van der Waals surface area contributed by atoms with E-state index >= 15 is 0 Å². The molecule has 0 aromatic carbocycles. The van der Waals surface area contributed by atoms with Crippen LogP contribution in [0.5, 0.6) is 0 Å². The lowest BCUT2D eigenvalue weighted by Gasteiger charge is -2.29. The van der Waals surface area contributed by atoms with Crippen molar-refractivity contribution in [3.05, 3.63) is 0 Å². The molecular weight excluding hydrogens is 224 g/mol. The third-order valence-electron chi connectivity index (χ3n) is 4.22. The molecule has 2 aliphatic heterocycles. The standard InChI is InChI=1S/C10H17NO.C2H6.CH3F.FH/c12-8-10-2-1-5-11(10)7-9(6-10)3-4-9;2*1-2;/h12H,1-8H2;1-2H3;1H3;1H/t10-;;;/m0.../s1. The first-order valence-electron chi connectivity index (χ1n) is 6.53. The van der Waals surface area contributed by atoms with Gasteiger partial charge in [-0.05, 0) is 44.1 Å². The molecule has 0 unspecified atom stereocenters. The van der Waals surface area contributed by atoms with Crippen LogP contribution in [0, 0.1) is 5.41 Å². The van der Waals surface area contributed by atoms with E-state index in [1.54, 1.807) is 0 Å². The Bertz CT molecular complexity index is 221. The highest BCUT2D eigenvalue weighted by Crippen LogP contribution is 2.60. The minimum Gasteiger partial charge on any atom is -0.394 e. The van der Waals surface area contributed by atoms with E-state index in [9.17, 15) is 9.50 Å². The highest BCUT2D eigenvalue weighted by Gasteiger charge is 2.59. The van der Waals surface area contributed by atoms with Crippen molar-refractivity contribution < 1.29 is 14.2 Å². The fraction of sp³-hybridized carbons (Fsp3) is 1.00. The second-order valence-corrected chi connectivity index (χ2v) is 5.08. The number of halogens is 2. The van der Waals surface area contributed by atoms with E-state index in [2.05, 4.69) is 4.90 Å². The first-order valence-corrected chi connectivity index (χ1v) is 6.53. The summed E-state index contributed by atoms with van der Waals surface area (Å²) in [6.07, 6.45) is 6.68. The van der Waals surface area contributed by atoms with Gasteiger partial charge in [0.2, 0.25) is 0 Å². The van der Waals surface area contributed by atoms with Crippen LogP contribution in [0.25, 0.3) is 0 Å². The quantitative estimate of drug-likeness (QED) is 0.774. The topological polar surface area (TPSA) is 23.5 Å². The van der Waals surface area contributed by atoms with E-state index in [1.165, 1.54) is 45.2 Å². The fourth-order valence-electron chi connectivity index (χ4n) is 3.35. The molecule has 0 aromatic heterocycles. The van der Waals surface area contributed by atoms with Gasteiger partial charge in [-0.15, -0.1) is 0 Å². The van der Waals surface area contributed by atoms with Crippen molar-refractivity contribution >= 4 is 0 Å². The molecule has 3 aliphatic rings. The maximum absolute atomic E-state index is 9.50. The van der Waals surface area contributed by atoms with E-state index in [1.807, 2.05) is 13.8 Å². The molecule has 1 N–H and O–H groups in total. The monoisotopic (exact) mass is 251 g/mol. The van der Waals surface area contributed by atoms with E-state index in [-0.39, 0.29) is 10.2 Å². The summed E-state index contributed by atoms with van der Waals surface area (Å²) in [5, 5.41) is 9.45. The Labute approximate surface area is 104 Å². The van der Waals surface area contributed by atoms with Crippen molar-refractivity contribution in [1.82, 2.24) is 4.90 Å². The molecule has 2 nitrogen and oxygen atoms in total. The third kappa shape index (κ3) is 2.97. The Hall–Kier alpha value is -0.220. The minimum atomic E-state index is 0. The summed E-state index contributed by atoms with van der Waals surface area (Å²) in [5.74, 6) is 0. The lowest BCUT2D eigenvalue weighted by Crippen LogP contribution is -2.41. The Morgan fingerprint density at radius 1 is 1.18 bits per heavy atom. The second kappa shape index (κ2) is 6.64. The highest BCUT2D eigenvalue weighted by atomic mass is 19.1. The Morgan fingerprint density at radius 2 is 1.76 bits per heavy atom. The minimum absolute atomic E-state index is 0. The van der Waals surface area contributed by atoms with Crippen LogP contribution in [-0.2, 0) is 0 Å². The van der Waals surface area contributed by atoms with Crippen LogP contribution in [0.15, 0.2) is 0 Å². The van der Waals surface area contributed by atoms with Gasteiger partial charge in [-0.25, -0.2) is 0 Å². The molecule has 1 spiro atoms. The molecule has 0 radical (unpaired) electrons. The van der Waals surface area contributed by atoms with Gasteiger partial charge in [0.25, 0.3) is 0 Å². The number of aliphatic hydroxyl groups is 1. The summed E-state index contributed by atoms with van der Waals surface area (Å²) in [6, 6.07) is 0. The molecule has 2 saturated heterocycles. The number of hydrogen-bond donors (Lipinski definition) is 1. The number of fused-ring (bicyclic) bond motifs is 1. The van der Waals surface area contributed by atoms with Crippen LogP contribution in [0.4, 0.5) is 9.09 Å². The predicted molar refractivity (Wildman–Crippen MR) is 67.8 cm³/mol. The smallest absolute Gasteiger partial charge is 0.0785 e. The van der Waals surface area contributed by atoms with E-state index in [0.717, 1.165) is 0 Å². The van der Waals surface area contributed by atoms with E-state index < -0.39 is 0 Å². The molecule has 3 fully saturated rings. The average Bonchev–Trinajstić information content (AvgIpc) is 2.86. The lowest BCUT2D eigenvalue weighted by atomic mass is 9.89. The SMILES string of the molecule is CC.CF.F.OC[C@@]12CCCN1CC1(CC1)C2. The Balaban J connectivity index is 0.000000469. The van der Waals surface area contributed by atoms with Crippen LogP contribution in [-0.4, -0.2) is 42.4 Å². The second-order valence-electron chi connectivity index (χ2n) is 5.08. The van der Waals surface area contributed by atoms with Crippen molar-refractivity contribution in [3.63, 3.8) is 0 Å². The van der Waals surface area contributed by atoms with Gasteiger partial charge in [0.15, 0.2) is 0 Å². The Kier molecular flexibility index (Phi) is 6.56. The van der Waals surface area contributed by atoms with Crippen molar-refractivity contribution in [3.8, 4) is 0 Å². The number of aliphatic hydroxyl groups excluding tert-OH is 1. The molecule has 0 aromatic rings. The predicted octanol–water partition coefficient (Wildman–Crippen LogP) is 2.76. The number of alkyl halides is 1. The fourth-order valence-corrected chi connectivity index (χ4v) is 3.35. The van der Waals surface area contributed by atoms with Gasteiger partial charge >= 0.3 is 0 Å². The molecule has 0 amide bonds. The molecular formula is C13H27F2NO. The van der Waals surface area contributed by atoms with Gasteiger partial charge in [-0.2, -0.15) is 0 Å². The summed E-state index contributed by atoms with van der Waals surface area (Å²) in [4.78, 5) is 2.56. The van der Waals surface area contributed by atoms with Crippen molar-refractivity contribution in [2.75, 3.05) is 26.9 Å². The van der Waals surface area contributed by atoms with Crippen molar-refractivity contribution in [2.45, 2.75) is 51.5 Å². The average molecular weight is 251 g/mol. The molecule has 0 bridgehead atoms. The van der Waals surface area contributed by atoms with Crippen molar-refractivity contribution in [2.24, 2.45) is 5.41 Å². The van der Waals surface area contributed by atoms with Gasteiger partial charge in [0, 0.05) is 12.1 Å². The first kappa shape index (κ1) is 16.8. The van der Waals surface area contributed by atoms with Crippen LogP contribution in [0.1, 0.15) is 46.0 Å². The molecule has 2 heterocycles. The van der Waals surface area contributed by atoms with Crippen LogP contribution in [0.3, 0.4) is 0 Å². The summed E-state index contributed by atoms with van der Waals surface area (Å²) in [6.45, 7) is 6.92. The summed E-state index contributed by atoms with van der Waals surface area (Å²) >= 11 is 0. The summed E-state index contributed by atoms with van der Waals surface area (Å²) in [7, 11) is 0.500. The number of hydrogen-bond acceptors (Lipinski definition) is 2. The molecule has 4 heteroatoms. The van der Waals surface area contributed by atoms with Gasteiger partial charge in [0.1, 0.15) is 0 Å². The number of nitrogens with zero attached hydrogens (tertiary/aromatic N) is 1. The van der Waals surface area contributed by atoms with E-state index in [0.29, 0.717) is 19.2 Å². The molecule has 1 saturated carbocycles.